The van der Waals surface area contributed by atoms with Gasteiger partial charge < -0.3 is 29.5 Å². The summed E-state index contributed by atoms with van der Waals surface area (Å²) in [6.07, 6.45) is 0. The Kier molecular flexibility index (Phi) is 8.41. The summed E-state index contributed by atoms with van der Waals surface area (Å²) < 4.78 is 29.9. The van der Waals surface area contributed by atoms with Crippen LogP contribution in [0.25, 0.3) is 0 Å². The minimum atomic E-state index is -3.23. The molecule has 0 fully saturated rings. The fourth-order valence-corrected chi connectivity index (χ4v) is 17.2. The molecular formula is C21H24Cl3N6O3P3. The van der Waals surface area contributed by atoms with E-state index in [1.807, 2.05) is 60.7 Å². The zero-order chi connectivity index (χ0) is 25.8. The van der Waals surface area contributed by atoms with Gasteiger partial charge in [0.15, 0.2) is 0 Å². The van der Waals surface area contributed by atoms with Crippen molar-refractivity contribution >= 4 is 70.9 Å². The number of methoxy groups -OCH3 is 3. The lowest BCUT2D eigenvalue weighted by molar-refractivity contribution is 0.415. The maximum atomic E-state index is 7.02. The number of nitrogens with zero attached hydrogens (tertiary/aromatic N) is 3. The van der Waals surface area contributed by atoms with Crippen LogP contribution in [0.5, 0.6) is 17.2 Å². The second kappa shape index (κ2) is 11.2. The number of anilines is 3. The molecule has 1 aliphatic heterocycles. The van der Waals surface area contributed by atoms with Gasteiger partial charge in [-0.1, -0.05) is 0 Å². The topological polar surface area (TPSA) is 101 Å². The van der Waals surface area contributed by atoms with Crippen LogP contribution in [0, 0.1) is 0 Å². The number of benzene rings is 3. The molecule has 3 N–H and O–H groups in total. The Balaban J connectivity index is 1.80. The largest absolute Gasteiger partial charge is 0.497 e. The average molecular weight is 608 g/mol. The number of hydrogen-bond acceptors (Lipinski definition) is 9. The van der Waals surface area contributed by atoms with Crippen LogP contribution in [-0.2, 0) is 0 Å². The van der Waals surface area contributed by atoms with Crippen LogP contribution >= 0.6 is 53.8 Å². The first-order chi connectivity index (χ1) is 17.2. The van der Waals surface area contributed by atoms with Crippen molar-refractivity contribution in [2.75, 3.05) is 36.6 Å². The van der Waals surface area contributed by atoms with Crippen molar-refractivity contribution in [1.82, 2.24) is 0 Å². The van der Waals surface area contributed by atoms with Gasteiger partial charge in [-0.3, -0.25) is 0 Å². The Hall–Kier alpha value is -1.98. The van der Waals surface area contributed by atoms with E-state index in [1.54, 1.807) is 33.5 Å². The molecule has 3 aromatic carbocycles. The molecule has 3 aromatic rings. The number of nitrogens with one attached hydrogen (secondary N) is 3. The lowest BCUT2D eigenvalue weighted by Crippen LogP contribution is -2.07. The number of rotatable bonds is 9. The predicted octanol–water partition coefficient (Wildman–Crippen LogP) is 9.92. The number of halogens is 3. The lowest BCUT2D eigenvalue weighted by Gasteiger charge is -2.31. The standard InChI is InChI=1S/C21H24Cl3N6O3P3/c1-31-19-10-4-16(5-11-19)25-35(24)28-34(22,23)29-36(30-35,26-17-6-12-20(32-2)13-7-17)27-18-8-14-21(33-3)15-9-18/h4-15,25-27H,1-3H3. The second-order valence-corrected chi connectivity index (χ2v) is 18.1. The summed E-state index contributed by atoms with van der Waals surface area (Å²) in [6, 6.07) is 21.9. The van der Waals surface area contributed by atoms with Gasteiger partial charge in [0.25, 0.3) is 20.1 Å². The zero-order valence-corrected chi connectivity index (χ0v) is 24.4. The minimum Gasteiger partial charge on any atom is -0.497 e. The van der Waals surface area contributed by atoms with Crippen molar-refractivity contribution in [2.24, 2.45) is 13.5 Å². The Labute approximate surface area is 224 Å². The lowest BCUT2D eigenvalue weighted by atomic mass is 10.3. The molecule has 0 saturated carbocycles. The van der Waals surface area contributed by atoms with Gasteiger partial charge in [0.2, 0.25) is 0 Å². The molecule has 0 amide bonds. The van der Waals surface area contributed by atoms with Crippen molar-refractivity contribution in [2.45, 2.75) is 0 Å². The van der Waals surface area contributed by atoms with Crippen molar-refractivity contribution in [3.8, 4) is 17.2 Å². The highest BCUT2D eigenvalue weighted by Crippen LogP contribution is 2.82. The summed E-state index contributed by atoms with van der Waals surface area (Å²) >= 11 is 20.3. The number of hydrogen-bond donors (Lipinski definition) is 3. The van der Waals surface area contributed by atoms with Gasteiger partial charge in [-0.25, -0.2) is 0 Å². The molecule has 0 aliphatic carbocycles. The summed E-state index contributed by atoms with van der Waals surface area (Å²) in [6.45, 7) is -3.16. The van der Waals surface area contributed by atoms with Crippen molar-refractivity contribution in [3.05, 3.63) is 72.8 Å². The fourth-order valence-electron chi connectivity index (χ4n) is 3.21. The molecule has 36 heavy (non-hydrogen) atoms. The molecule has 9 nitrogen and oxygen atoms in total. The summed E-state index contributed by atoms with van der Waals surface area (Å²) in [5, 5.41) is 10.0. The maximum Gasteiger partial charge on any atom is 0.267 e. The van der Waals surface area contributed by atoms with Crippen LogP contribution in [0.15, 0.2) is 86.3 Å². The molecule has 192 valence electrons. The smallest absolute Gasteiger partial charge is 0.267 e. The molecular weight excluding hydrogens is 584 g/mol. The maximum absolute atomic E-state index is 7.02. The highest BCUT2D eigenvalue weighted by molar-refractivity contribution is 8.16. The Morgan fingerprint density at radius 2 is 0.889 bits per heavy atom. The molecule has 1 aliphatic rings. The van der Waals surface area contributed by atoms with Gasteiger partial charge >= 0.3 is 0 Å². The van der Waals surface area contributed by atoms with Crippen LogP contribution < -0.4 is 29.5 Å². The molecule has 1 unspecified atom stereocenters. The van der Waals surface area contributed by atoms with Crippen LogP contribution in [-0.4, -0.2) is 21.3 Å². The second-order valence-electron chi connectivity index (χ2n) is 7.37. The molecule has 4 rings (SSSR count). The zero-order valence-electron chi connectivity index (χ0n) is 19.5. The van der Waals surface area contributed by atoms with E-state index in [-0.39, 0.29) is 0 Å². The summed E-state index contributed by atoms with van der Waals surface area (Å²) in [4.78, 5) is 0. The van der Waals surface area contributed by atoms with Crippen molar-refractivity contribution in [1.29, 1.82) is 0 Å². The molecule has 1 heterocycles. The third-order valence-electron chi connectivity index (χ3n) is 4.82. The van der Waals surface area contributed by atoms with Gasteiger partial charge in [0.1, 0.15) is 17.2 Å². The quantitative estimate of drug-likeness (QED) is 0.209. The molecule has 0 bridgehead atoms. The third kappa shape index (κ3) is 6.86. The van der Waals surface area contributed by atoms with E-state index < -0.39 is 20.1 Å². The van der Waals surface area contributed by atoms with Gasteiger partial charge in [0.05, 0.1) is 21.3 Å². The fraction of sp³-hybridized carbons (Fsp3) is 0.143. The molecule has 0 spiro atoms. The Morgan fingerprint density at radius 3 is 1.25 bits per heavy atom. The van der Waals surface area contributed by atoms with Crippen molar-refractivity contribution in [3.63, 3.8) is 0 Å². The van der Waals surface area contributed by atoms with Gasteiger partial charge in [-0.05, 0) is 107 Å². The van der Waals surface area contributed by atoms with Crippen LogP contribution in [0.2, 0.25) is 0 Å². The minimum absolute atomic E-state index is 0.689. The highest BCUT2D eigenvalue weighted by Gasteiger charge is 2.35. The van der Waals surface area contributed by atoms with Crippen LogP contribution in [0.1, 0.15) is 0 Å². The monoisotopic (exact) mass is 606 g/mol. The predicted molar refractivity (Wildman–Crippen MR) is 155 cm³/mol. The summed E-state index contributed by atoms with van der Waals surface area (Å²) in [7, 11) is 1.72. The molecule has 0 radical (unpaired) electrons. The van der Waals surface area contributed by atoms with E-state index in [0.29, 0.717) is 22.9 Å². The number of ether oxygens (including phenoxy) is 3. The van der Waals surface area contributed by atoms with E-state index in [4.69, 9.17) is 57.0 Å². The van der Waals surface area contributed by atoms with E-state index in [1.165, 1.54) is 0 Å². The van der Waals surface area contributed by atoms with Crippen LogP contribution in [0.3, 0.4) is 0 Å². The van der Waals surface area contributed by atoms with E-state index in [2.05, 4.69) is 19.8 Å². The summed E-state index contributed by atoms with van der Waals surface area (Å²) in [5.41, 5.74) is 2.13. The highest BCUT2D eigenvalue weighted by atomic mass is 35.9. The first-order valence-electron chi connectivity index (χ1n) is 10.4. The van der Waals surface area contributed by atoms with Gasteiger partial charge in [-0.2, -0.15) is 13.5 Å². The Morgan fingerprint density at radius 1 is 0.528 bits per heavy atom. The first kappa shape index (κ1) is 27.1. The SMILES string of the molecule is COc1ccc(NP2(Cl)=NP(Cl)(Cl)=NP(Nc3ccc(OC)cc3)(Nc3ccc(OC)cc3)=N2)cc1. The Bertz CT molecular complexity index is 1330. The van der Waals surface area contributed by atoms with Crippen LogP contribution in [0.4, 0.5) is 17.1 Å². The van der Waals surface area contributed by atoms with Gasteiger partial charge in [0, 0.05) is 17.1 Å². The summed E-state index contributed by atoms with van der Waals surface area (Å²) in [5.74, 6) is -1.11. The normalized spacial score (nSPS) is 19.5. The van der Waals surface area contributed by atoms with Crippen molar-refractivity contribution < 1.29 is 14.2 Å². The molecule has 0 aromatic heterocycles. The average Bonchev–Trinajstić information content (AvgIpc) is 2.84. The molecule has 1 atom stereocenters. The molecule has 0 saturated heterocycles. The van der Waals surface area contributed by atoms with E-state index in [9.17, 15) is 0 Å². The van der Waals surface area contributed by atoms with E-state index in [0.717, 1.165) is 11.4 Å². The first-order valence-corrected chi connectivity index (χ1v) is 18.2. The van der Waals surface area contributed by atoms with E-state index >= 15 is 0 Å². The molecule has 15 heteroatoms. The van der Waals surface area contributed by atoms with Gasteiger partial charge in [-0.15, -0.1) is 0 Å². The third-order valence-corrected chi connectivity index (χ3v) is 16.1.